The van der Waals surface area contributed by atoms with E-state index in [-0.39, 0.29) is 5.56 Å². The largest absolute Gasteiger partial charge is 0.478 e. The van der Waals surface area contributed by atoms with Gasteiger partial charge in [0.05, 0.1) is 5.56 Å². The lowest BCUT2D eigenvalue weighted by Gasteiger charge is -2.37. The second-order valence-corrected chi connectivity index (χ2v) is 5.51. The zero-order chi connectivity index (χ0) is 14.7. The zero-order valence-corrected chi connectivity index (χ0v) is 12.0. The molecule has 0 unspecified atom stereocenters. The van der Waals surface area contributed by atoms with E-state index >= 15 is 0 Å². The maximum atomic E-state index is 13.1. The first-order valence-corrected chi connectivity index (χ1v) is 6.95. The summed E-state index contributed by atoms with van der Waals surface area (Å²) in [6, 6.07) is 4.54. The zero-order valence-electron chi connectivity index (χ0n) is 12.0. The van der Waals surface area contributed by atoms with Crippen LogP contribution in [0.1, 0.15) is 29.8 Å². The Hall–Kier alpha value is -1.46. The Morgan fingerprint density at radius 2 is 1.95 bits per heavy atom. The van der Waals surface area contributed by atoms with Gasteiger partial charge in [-0.25, -0.2) is 9.18 Å². The maximum absolute atomic E-state index is 13.1. The standard InChI is InChI=1S/C15H21FN2O2/c1-11(2)18-7-5-17(6-8-18)10-12-3-4-13(16)9-14(12)15(19)20/h3-4,9,11H,5-8,10H2,1-2H3,(H,19,20). The van der Waals surface area contributed by atoms with Crippen molar-refractivity contribution in [3.63, 3.8) is 0 Å². The lowest BCUT2D eigenvalue weighted by molar-refractivity contribution is 0.0691. The van der Waals surface area contributed by atoms with Gasteiger partial charge in [0, 0.05) is 38.8 Å². The molecule has 4 nitrogen and oxygen atoms in total. The van der Waals surface area contributed by atoms with Gasteiger partial charge in [-0.2, -0.15) is 0 Å². The van der Waals surface area contributed by atoms with Crippen molar-refractivity contribution in [3.8, 4) is 0 Å². The second kappa shape index (κ2) is 6.33. The van der Waals surface area contributed by atoms with Crippen LogP contribution in [0.2, 0.25) is 0 Å². The number of halogens is 1. The van der Waals surface area contributed by atoms with Crippen molar-refractivity contribution < 1.29 is 14.3 Å². The Labute approximate surface area is 118 Å². The summed E-state index contributed by atoms with van der Waals surface area (Å²) >= 11 is 0. The monoisotopic (exact) mass is 280 g/mol. The minimum Gasteiger partial charge on any atom is -0.478 e. The summed E-state index contributed by atoms with van der Waals surface area (Å²) in [7, 11) is 0. The van der Waals surface area contributed by atoms with Crippen LogP contribution in [0.15, 0.2) is 18.2 Å². The number of carboxylic acid groups (broad SMARTS) is 1. The lowest BCUT2D eigenvalue weighted by Crippen LogP contribution is -2.48. The van der Waals surface area contributed by atoms with E-state index in [1.54, 1.807) is 6.07 Å². The predicted octanol–water partition coefficient (Wildman–Crippen LogP) is 2.05. The molecule has 110 valence electrons. The Morgan fingerprint density at radius 1 is 1.30 bits per heavy atom. The normalized spacial score (nSPS) is 17.6. The molecule has 1 aliphatic rings. The van der Waals surface area contributed by atoms with Crippen molar-refractivity contribution in [2.24, 2.45) is 0 Å². The van der Waals surface area contributed by atoms with Crippen molar-refractivity contribution in [2.75, 3.05) is 26.2 Å². The third-order valence-corrected chi connectivity index (χ3v) is 3.83. The van der Waals surface area contributed by atoms with Crippen molar-refractivity contribution in [1.82, 2.24) is 9.80 Å². The summed E-state index contributed by atoms with van der Waals surface area (Å²) in [6.45, 7) is 8.72. The van der Waals surface area contributed by atoms with E-state index in [2.05, 4.69) is 23.6 Å². The molecule has 0 atom stereocenters. The lowest BCUT2D eigenvalue weighted by atomic mass is 10.1. The molecule has 0 amide bonds. The number of hydrogen-bond acceptors (Lipinski definition) is 3. The summed E-state index contributed by atoms with van der Waals surface area (Å²) in [5.41, 5.74) is 0.744. The topological polar surface area (TPSA) is 43.8 Å². The van der Waals surface area contributed by atoms with Crippen LogP contribution in [0, 0.1) is 5.82 Å². The number of hydrogen-bond donors (Lipinski definition) is 1. The number of rotatable bonds is 4. The molecule has 1 aromatic carbocycles. The molecule has 1 N–H and O–H groups in total. The van der Waals surface area contributed by atoms with Gasteiger partial charge in [-0.15, -0.1) is 0 Å². The molecule has 1 saturated heterocycles. The van der Waals surface area contributed by atoms with Gasteiger partial charge in [0.2, 0.25) is 0 Å². The number of piperazine rings is 1. The first-order chi connectivity index (χ1) is 9.47. The second-order valence-electron chi connectivity index (χ2n) is 5.51. The summed E-state index contributed by atoms with van der Waals surface area (Å²) in [6.07, 6.45) is 0. The Kier molecular flexibility index (Phi) is 4.73. The number of benzene rings is 1. The fourth-order valence-electron chi connectivity index (χ4n) is 2.56. The summed E-state index contributed by atoms with van der Waals surface area (Å²) in [5.74, 6) is -1.57. The van der Waals surface area contributed by atoms with Crippen molar-refractivity contribution in [1.29, 1.82) is 0 Å². The summed E-state index contributed by atoms with van der Waals surface area (Å²) < 4.78 is 13.1. The molecule has 0 bridgehead atoms. The highest BCUT2D eigenvalue weighted by atomic mass is 19.1. The van der Waals surface area contributed by atoms with Crippen LogP contribution in [-0.2, 0) is 6.54 Å². The van der Waals surface area contributed by atoms with Crippen LogP contribution in [0.25, 0.3) is 0 Å². The van der Waals surface area contributed by atoms with E-state index in [9.17, 15) is 9.18 Å². The number of carboxylic acids is 1. The van der Waals surface area contributed by atoms with E-state index in [1.807, 2.05) is 0 Å². The smallest absolute Gasteiger partial charge is 0.336 e. The van der Waals surface area contributed by atoms with Gasteiger partial charge in [-0.1, -0.05) is 6.07 Å². The van der Waals surface area contributed by atoms with E-state index in [0.717, 1.165) is 32.2 Å². The van der Waals surface area contributed by atoms with Crippen molar-refractivity contribution in [3.05, 3.63) is 35.1 Å². The molecule has 1 fully saturated rings. The SMILES string of the molecule is CC(C)N1CCN(Cc2ccc(F)cc2C(=O)O)CC1. The number of nitrogens with zero attached hydrogens (tertiary/aromatic N) is 2. The van der Waals surface area contributed by atoms with Crippen LogP contribution in [-0.4, -0.2) is 53.1 Å². The quantitative estimate of drug-likeness (QED) is 0.916. The predicted molar refractivity (Wildman–Crippen MR) is 75.3 cm³/mol. The fraction of sp³-hybridized carbons (Fsp3) is 0.533. The first kappa shape index (κ1) is 14.9. The Balaban J connectivity index is 2.03. The molecule has 20 heavy (non-hydrogen) atoms. The average Bonchev–Trinajstić information content (AvgIpc) is 2.41. The highest BCUT2D eigenvalue weighted by Gasteiger charge is 2.20. The van der Waals surface area contributed by atoms with Crippen LogP contribution in [0.5, 0.6) is 0 Å². The molecule has 0 aromatic heterocycles. The molecule has 1 aromatic rings. The molecular weight excluding hydrogens is 259 g/mol. The summed E-state index contributed by atoms with van der Waals surface area (Å²) in [5, 5.41) is 9.14. The van der Waals surface area contributed by atoms with E-state index in [0.29, 0.717) is 18.2 Å². The highest BCUT2D eigenvalue weighted by Crippen LogP contribution is 2.16. The minimum absolute atomic E-state index is 0.0660. The van der Waals surface area contributed by atoms with Crippen molar-refractivity contribution in [2.45, 2.75) is 26.4 Å². The van der Waals surface area contributed by atoms with Crippen LogP contribution in [0.4, 0.5) is 4.39 Å². The highest BCUT2D eigenvalue weighted by molar-refractivity contribution is 5.89. The first-order valence-electron chi connectivity index (χ1n) is 6.95. The van der Waals surface area contributed by atoms with Gasteiger partial charge in [-0.05, 0) is 31.5 Å². The minimum atomic E-state index is -1.07. The summed E-state index contributed by atoms with van der Waals surface area (Å²) in [4.78, 5) is 15.8. The molecular formula is C15H21FN2O2. The van der Waals surface area contributed by atoms with Gasteiger partial charge in [0.25, 0.3) is 0 Å². The molecule has 0 saturated carbocycles. The average molecular weight is 280 g/mol. The Bertz CT molecular complexity index is 483. The Morgan fingerprint density at radius 3 is 2.50 bits per heavy atom. The van der Waals surface area contributed by atoms with Crippen LogP contribution in [0.3, 0.4) is 0 Å². The number of carbonyl (C=O) groups is 1. The van der Waals surface area contributed by atoms with Crippen LogP contribution < -0.4 is 0 Å². The third-order valence-electron chi connectivity index (χ3n) is 3.83. The molecule has 0 radical (unpaired) electrons. The van der Waals surface area contributed by atoms with E-state index in [1.165, 1.54) is 6.07 Å². The maximum Gasteiger partial charge on any atom is 0.336 e. The third kappa shape index (κ3) is 3.55. The molecule has 1 aliphatic heterocycles. The van der Waals surface area contributed by atoms with Gasteiger partial charge < -0.3 is 5.11 Å². The molecule has 2 rings (SSSR count). The fourth-order valence-corrected chi connectivity index (χ4v) is 2.56. The van der Waals surface area contributed by atoms with Crippen LogP contribution >= 0.6 is 0 Å². The van der Waals surface area contributed by atoms with Crippen molar-refractivity contribution >= 4 is 5.97 Å². The van der Waals surface area contributed by atoms with Gasteiger partial charge >= 0.3 is 5.97 Å². The van der Waals surface area contributed by atoms with Gasteiger partial charge in [0.1, 0.15) is 5.82 Å². The van der Waals surface area contributed by atoms with E-state index in [4.69, 9.17) is 5.11 Å². The van der Waals surface area contributed by atoms with E-state index < -0.39 is 11.8 Å². The molecule has 1 heterocycles. The van der Waals surface area contributed by atoms with Gasteiger partial charge in [0.15, 0.2) is 0 Å². The number of aromatic carboxylic acids is 1. The van der Waals surface area contributed by atoms with Gasteiger partial charge in [-0.3, -0.25) is 9.80 Å². The molecule has 0 aliphatic carbocycles. The molecule has 0 spiro atoms. The molecule has 5 heteroatoms.